The first kappa shape index (κ1) is 21.9. The Morgan fingerprint density at radius 1 is 0.967 bits per heavy atom. The smallest absolute Gasteiger partial charge is 0.127 e. The maximum atomic E-state index is 5.99. The SMILES string of the molecule is COc1ccc(CN(CC2CCN(C3CCCC3)CC2)C[C@@H]2CCCO2)c(OC)c1. The van der Waals surface area contributed by atoms with Gasteiger partial charge >= 0.3 is 0 Å². The maximum Gasteiger partial charge on any atom is 0.127 e. The molecule has 0 N–H and O–H groups in total. The fourth-order valence-electron chi connectivity index (χ4n) is 5.64. The van der Waals surface area contributed by atoms with E-state index in [1.807, 2.05) is 12.1 Å². The van der Waals surface area contributed by atoms with Crippen molar-refractivity contribution in [2.45, 2.75) is 70.1 Å². The van der Waals surface area contributed by atoms with Gasteiger partial charge in [-0.05, 0) is 63.6 Å². The third-order valence-corrected chi connectivity index (χ3v) is 7.38. The van der Waals surface area contributed by atoms with E-state index in [9.17, 15) is 0 Å². The van der Waals surface area contributed by atoms with Gasteiger partial charge in [0.1, 0.15) is 11.5 Å². The molecule has 168 valence electrons. The summed E-state index contributed by atoms with van der Waals surface area (Å²) in [6, 6.07) is 7.07. The highest BCUT2D eigenvalue weighted by atomic mass is 16.5. The topological polar surface area (TPSA) is 34.2 Å². The van der Waals surface area contributed by atoms with Crippen LogP contribution in [0.3, 0.4) is 0 Å². The van der Waals surface area contributed by atoms with Crippen molar-refractivity contribution in [1.82, 2.24) is 9.80 Å². The van der Waals surface area contributed by atoms with E-state index in [1.165, 1.54) is 70.0 Å². The Labute approximate surface area is 182 Å². The van der Waals surface area contributed by atoms with Crippen LogP contribution in [0.2, 0.25) is 0 Å². The highest BCUT2D eigenvalue weighted by Crippen LogP contribution is 2.30. The van der Waals surface area contributed by atoms with Crippen molar-refractivity contribution in [3.8, 4) is 11.5 Å². The molecule has 0 amide bonds. The van der Waals surface area contributed by atoms with Crippen LogP contribution in [-0.4, -0.2) is 69.0 Å². The number of hydrogen-bond donors (Lipinski definition) is 0. The number of benzene rings is 1. The average molecular weight is 417 g/mol. The minimum absolute atomic E-state index is 0.382. The fraction of sp³-hybridized carbons (Fsp3) is 0.760. The molecular weight excluding hydrogens is 376 g/mol. The molecule has 0 bridgehead atoms. The van der Waals surface area contributed by atoms with Crippen LogP contribution in [-0.2, 0) is 11.3 Å². The van der Waals surface area contributed by atoms with Crippen LogP contribution in [0.25, 0.3) is 0 Å². The largest absolute Gasteiger partial charge is 0.497 e. The first-order valence-electron chi connectivity index (χ1n) is 12.0. The van der Waals surface area contributed by atoms with Crippen LogP contribution < -0.4 is 9.47 Å². The minimum atomic E-state index is 0.382. The van der Waals surface area contributed by atoms with Crippen molar-refractivity contribution in [1.29, 1.82) is 0 Å². The van der Waals surface area contributed by atoms with Gasteiger partial charge in [-0.2, -0.15) is 0 Å². The molecule has 1 atom stereocenters. The van der Waals surface area contributed by atoms with E-state index in [-0.39, 0.29) is 0 Å². The third kappa shape index (κ3) is 5.68. The molecular formula is C25H40N2O3. The molecule has 3 fully saturated rings. The molecule has 1 aromatic carbocycles. The van der Waals surface area contributed by atoms with E-state index in [2.05, 4.69) is 15.9 Å². The Balaban J connectivity index is 1.37. The number of nitrogens with zero attached hydrogens (tertiary/aromatic N) is 2. The summed E-state index contributed by atoms with van der Waals surface area (Å²) in [5.41, 5.74) is 1.24. The Hall–Kier alpha value is -1.30. The van der Waals surface area contributed by atoms with Crippen LogP contribution in [0, 0.1) is 5.92 Å². The normalized spacial score (nSPS) is 24.0. The maximum absolute atomic E-state index is 5.99. The van der Waals surface area contributed by atoms with E-state index < -0.39 is 0 Å². The quantitative estimate of drug-likeness (QED) is 0.598. The minimum Gasteiger partial charge on any atom is -0.497 e. The van der Waals surface area contributed by atoms with Gasteiger partial charge in [0.25, 0.3) is 0 Å². The van der Waals surface area contributed by atoms with E-state index in [0.29, 0.717) is 6.10 Å². The summed E-state index contributed by atoms with van der Waals surface area (Å²) >= 11 is 0. The lowest BCUT2D eigenvalue weighted by Gasteiger charge is -2.38. The molecule has 5 heteroatoms. The number of methoxy groups -OCH3 is 2. The molecule has 2 heterocycles. The van der Waals surface area contributed by atoms with Crippen molar-refractivity contribution in [2.75, 3.05) is 47.0 Å². The van der Waals surface area contributed by atoms with Gasteiger partial charge in [-0.3, -0.25) is 4.90 Å². The number of likely N-dealkylation sites (tertiary alicyclic amines) is 1. The zero-order valence-corrected chi connectivity index (χ0v) is 19.0. The number of piperidine rings is 1. The standard InChI is InChI=1S/C25H40N2O3/c1-28-23-10-9-21(25(16-23)29-2)18-26(19-24-8-5-15-30-24)17-20-11-13-27(14-12-20)22-6-3-4-7-22/h9-10,16,20,22,24H,3-8,11-15,17-19H2,1-2H3/t24-/m0/s1. The Morgan fingerprint density at radius 2 is 1.77 bits per heavy atom. The van der Waals surface area contributed by atoms with Crippen LogP contribution in [0.4, 0.5) is 0 Å². The van der Waals surface area contributed by atoms with Crippen molar-refractivity contribution in [3.05, 3.63) is 23.8 Å². The number of rotatable bonds is 9. The van der Waals surface area contributed by atoms with Crippen molar-refractivity contribution in [2.24, 2.45) is 5.92 Å². The molecule has 1 saturated carbocycles. The van der Waals surface area contributed by atoms with Gasteiger partial charge in [0.05, 0.1) is 20.3 Å². The van der Waals surface area contributed by atoms with E-state index >= 15 is 0 Å². The van der Waals surface area contributed by atoms with Crippen molar-refractivity contribution >= 4 is 0 Å². The second-order valence-electron chi connectivity index (χ2n) is 9.42. The van der Waals surface area contributed by atoms with Gasteiger partial charge in [0, 0.05) is 43.9 Å². The lowest BCUT2D eigenvalue weighted by Crippen LogP contribution is -2.43. The summed E-state index contributed by atoms with van der Waals surface area (Å²) in [6.45, 7) is 6.59. The van der Waals surface area contributed by atoms with Crippen LogP contribution in [0.1, 0.15) is 56.9 Å². The van der Waals surface area contributed by atoms with Gasteiger partial charge in [-0.25, -0.2) is 0 Å². The van der Waals surface area contributed by atoms with Crippen molar-refractivity contribution < 1.29 is 14.2 Å². The molecule has 1 aromatic rings. The fourth-order valence-corrected chi connectivity index (χ4v) is 5.64. The van der Waals surface area contributed by atoms with Crippen LogP contribution in [0.15, 0.2) is 18.2 Å². The number of hydrogen-bond acceptors (Lipinski definition) is 5. The first-order valence-corrected chi connectivity index (χ1v) is 12.0. The monoisotopic (exact) mass is 416 g/mol. The summed E-state index contributed by atoms with van der Waals surface area (Å²) in [7, 11) is 3.46. The molecule has 0 aromatic heterocycles. The summed E-state index contributed by atoms with van der Waals surface area (Å²) in [5, 5.41) is 0. The predicted molar refractivity (Wildman–Crippen MR) is 120 cm³/mol. The molecule has 1 aliphatic carbocycles. The van der Waals surface area contributed by atoms with Gasteiger partial charge in [0.15, 0.2) is 0 Å². The third-order valence-electron chi connectivity index (χ3n) is 7.38. The Morgan fingerprint density at radius 3 is 2.43 bits per heavy atom. The van der Waals surface area contributed by atoms with E-state index in [0.717, 1.165) is 49.7 Å². The molecule has 30 heavy (non-hydrogen) atoms. The molecule has 2 saturated heterocycles. The molecule has 0 radical (unpaired) electrons. The van der Waals surface area contributed by atoms with E-state index in [1.54, 1.807) is 14.2 Å². The second-order valence-corrected chi connectivity index (χ2v) is 9.42. The summed E-state index contributed by atoms with van der Waals surface area (Å²) < 4.78 is 17.0. The summed E-state index contributed by atoms with van der Waals surface area (Å²) in [6.07, 6.45) is 11.2. The molecule has 2 aliphatic heterocycles. The highest BCUT2D eigenvalue weighted by Gasteiger charge is 2.29. The Bertz CT molecular complexity index is 648. The van der Waals surface area contributed by atoms with Crippen LogP contribution >= 0.6 is 0 Å². The lowest BCUT2D eigenvalue weighted by molar-refractivity contribution is 0.0537. The molecule has 3 aliphatic rings. The van der Waals surface area contributed by atoms with Gasteiger partial charge in [0.2, 0.25) is 0 Å². The van der Waals surface area contributed by atoms with Gasteiger partial charge < -0.3 is 19.1 Å². The zero-order valence-electron chi connectivity index (χ0n) is 19.0. The lowest BCUT2D eigenvalue weighted by atomic mass is 9.94. The molecule has 0 spiro atoms. The number of ether oxygens (including phenoxy) is 3. The Kier molecular flexibility index (Phi) is 7.91. The molecule has 0 unspecified atom stereocenters. The first-order chi connectivity index (χ1) is 14.7. The van der Waals surface area contributed by atoms with E-state index in [4.69, 9.17) is 14.2 Å². The van der Waals surface area contributed by atoms with Crippen LogP contribution in [0.5, 0.6) is 11.5 Å². The molecule has 5 nitrogen and oxygen atoms in total. The predicted octanol–water partition coefficient (Wildman–Crippen LogP) is 4.34. The zero-order chi connectivity index (χ0) is 20.8. The second kappa shape index (κ2) is 10.8. The average Bonchev–Trinajstić information content (AvgIpc) is 3.49. The highest BCUT2D eigenvalue weighted by molar-refractivity contribution is 5.40. The molecule has 4 rings (SSSR count). The van der Waals surface area contributed by atoms with Crippen molar-refractivity contribution in [3.63, 3.8) is 0 Å². The summed E-state index contributed by atoms with van der Waals surface area (Å²) in [5.74, 6) is 2.55. The van der Waals surface area contributed by atoms with Gasteiger partial charge in [-0.1, -0.05) is 18.9 Å². The van der Waals surface area contributed by atoms with Gasteiger partial charge in [-0.15, -0.1) is 0 Å². The summed E-state index contributed by atoms with van der Waals surface area (Å²) in [4.78, 5) is 5.40.